The molecule has 0 radical (unpaired) electrons. The number of fused-ring (bicyclic) bond motifs is 1. The topological polar surface area (TPSA) is 101 Å². The fraction of sp³-hybridized carbons (Fsp3) is 0.300. The second-order valence-corrected chi connectivity index (χ2v) is 8.40. The molecule has 1 aromatic carbocycles. The molecular weight excluding hydrogens is 378 g/mol. The third-order valence-electron chi connectivity index (χ3n) is 4.45. The summed E-state index contributed by atoms with van der Waals surface area (Å²) in [6.45, 7) is 6.25. The van der Waals surface area contributed by atoms with Gasteiger partial charge in [0.1, 0.15) is 5.56 Å². The van der Waals surface area contributed by atoms with Gasteiger partial charge in [-0.1, -0.05) is 45.0 Å². The first kappa shape index (κ1) is 19.8. The van der Waals surface area contributed by atoms with Gasteiger partial charge in [-0.15, -0.1) is 11.3 Å². The Kier molecular flexibility index (Phi) is 5.33. The number of thiazole rings is 1. The van der Waals surface area contributed by atoms with E-state index in [9.17, 15) is 19.5 Å². The maximum absolute atomic E-state index is 12.7. The first-order chi connectivity index (χ1) is 13.2. The normalized spacial score (nSPS) is 12.7. The molecule has 0 saturated heterocycles. The Labute approximate surface area is 165 Å². The minimum absolute atomic E-state index is 0.0413. The summed E-state index contributed by atoms with van der Waals surface area (Å²) in [5, 5.41) is 13.6. The van der Waals surface area contributed by atoms with Gasteiger partial charge in [-0.3, -0.25) is 18.8 Å². The monoisotopic (exact) mass is 399 g/mol. The molecule has 2 heterocycles. The van der Waals surface area contributed by atoms with Crippen LogP contribution in [-0.4, -0.2) is 26.4 Å². The number of carbonyl (C=O) groups excluding carboxylic acids is 1. The molecule has 7 nitrogen and oxygen atoms in total. The van der Waals surface area contributed by atoms with E-state index in [1.165, 1.54) is 21.9 Å². The fourth-order valence-electron chi connectivity index (χ4n) is 2.86. The van der Waals surface area contributed by atoms with Crippen molar-refractivity contribution >= 4 is 28.2 Å². The van der Waals surface area contributed by atoms with Crippen molar-refractivity contribution in [2.75, 3.05) is 0 Å². The van der Waals surface area contributed by atoms with Crippen LogP contribution in [0.3, 0.4) is 0 Å². The zero-order valence-corrected chi connectivity index (χ0v) is 16.6. The van der Waals surface area contributed by atoms with Crippen LogP contribution in [-0.2, 0) is 10.2 Å². The van der Waals surface area contributed by atoms with Gasteiger partial charge in [-0.2, -0.15) is 0 Å². The highest BCUT2D eigenvalue weighted by Crippen LogP contribution is 2.25. The van der Waals surface area contributed by atoms with Crippen LogP contribution in [0.2, 0.25) is 0 Å². The van der Waals surface area contributed by atoms with Crippen LogP contribution in [0.25, 0.3) is 4.96 Å². The third kappa shape index (κ3) is 4.12. The Morgan fingerprint density at radius 1 is 1.25 bits per heavy atom. The van der Waals surface area contributed by atoms with E-state index in [1.54, 1.807) is 11.6 Å². The van der Waals surface area contributed by atoms with E-state index < -0.39 is 23.5 Å². The predicted molar refractivity (Wildman–Crippen MR) is 107 cm³/mol. The van der Waals surface area contributed by atoms with Gasteiger partial charge in [0.15, 0.2) is 4.96 Å². The molecule has 1 atom stereocenters. The minimum Gasteiger partial charge on any atom is -0.481 e. The zero-order valence-electron chi connectivity index (χ0n) is 15.8. The predicted octanol–water partition coefficient (Wildman–Crippen LogP) is 3.00. The van der Waals surface area contributed by atoms with Crippen molar-refractivity contribution in [3.05, 3.63) is 69.1 Å². The number of nitrogens with one attached hydrogen (secondary N) is 1. The number of hydrogen-bond acceptors (Lipinski definition) is 5. The van der Waals surface area contributed by atoms with E-state index in [0.717, 1.165) is 5.56 Å². The summed E-state index contributed by atoms with van der Waals surface area (Å²) < 4.78 is 1.30. The smallest absolute Gasteiger partial charge is 0.305 e. The second-order valence-electron chi connectivity index (χ2n) is 7.53. The van der Waals surface area contributed by atoms with Crippen LogP contribution in [0.15, 0.2) is 46.8 Å². The molecule has 0 fully saturated rings. The lowest BCUT2D eigenvalue weighted by Gasteiger charge is -2.21. The van der Waals surface area contributed by atoms with E-state index in [2.05, 4.69) is 31.1 Å². The number of hydrogen-bond donors (Lipinski definition) is 2. The first-order valence-corrected chi connectivity index (χ1v) is 9.63. The molecule has 0 aliphatic rings. The molecule has 0 bridgehead atoms. The summed E-state index contributed by atoms with van der Waals surface area (Å²) in [7, 11) is 0. The van der Waals surface area contributed by atoms with Gasteiger partial charge in [0.25, 0.3) is 11.5 Å². The number of amides is 1. The largest absolute Gasteiger partial charge is 0.481 e. The third-order valence-corrected chi connectivity index (χ3v) is 5.22. The molecule has 146 valence electrons. The Balaban J connectivity index is 1.89. The summed E-state index contributed by atoms with van der Waals surface area (Å²) in [4.78, 5) is 41.0. The average molecular weight is 399 g/mol. The van der Waals surface area contributed by atoms with Gasteiger partial charge in [-0.05, 0) is 16.5 Å². The van der Waals surface area contributed by atoms with Crippen molar-refractivity contribution in [3.63, 3.8) is 0 Å². The summed E-state index contributed by atoms with van der Waals surface area (Å²) in [6, 6.07) is 6.69. The Hall–Kier alpha value is -3.00. The van der Waals surface area contributed by atoms with Gasteiger partial charge in [0, 0.05) is 17.8 Å². The van der Waals surface area contributed by atoms with Crippen molar-refractivity contribution in [2.24, 2.45) is 0 Å². The minimum atomic E-state index is -1.05. The Bertz CT molecular complexity index is 1080. The molecule has 0 saturated carbocycles. The SMILES string of the molecule is CC(C)(C)c1ccc(C(CC(=O)O)NC(=O)c2cnc3sccn3c2=O)cc1. The van der Waals surface area contributed by atoms with Crippen molar-refractivity contribution in [1.82, 2.24) is 14.7 Å². The molecule has 0 aliphatic carbocycles. The van der Waals surface area contributed by atoms with Gasteiger partial charge in [-0.25, -0.2) is 4.98 Å². The van der Waals surface area contributed by atoms with Crippen LogP contribution in [0.4, 0.5) is 0 Å². The van der Waals surface area contributed by atoms with Gasteiger partial charge in [0.05, 0.1) is 12.5 Å². The van der Waals surface area contributed by atoms with E-state index in [1.807, 2.05) is 24.3 Å². The van der Waals surface area contributed by atoms with Crippen molar-refractivity contribution in [3.8, 4) is 0 Å². The highest BCUT2D eigenvalue weighted by atomic mass is 32.1. The van der Waals surface area contributed by atoms with Crippen molar-refractivity contribution < 1.29 is 14.7 Å². The van der Waals surface area contributed by atoms with Crippen molar-refractivity contribution in [1.29, 1.82) is 0 Å². The fourth-order valence-corrected chi connectivity index (χ4v) is 3.53. The maximum atomic E-state index is 12.7. The summed E-state index contributed by atoms with van der Waals surface area (Å²) in [6.07, 6.45) is 2.48. The number of benzene rings is 1. The molecular formula is C20H21N3O4S. The standard InChI is InChI=1S/C20H21N3O4S/c1-20(2,3)13-6-4-12(5-7-13)15(10-16(24)25)22-17(26)14-11-21-19-23(18(14)27)8-9-28-19/h4-9,11,15H,10H2,1-3H3,(H,22,26)(H,24,25). The van der Waals surface area contributed by atoms with Crippen LogP contribution in [0, 0.1) is 0 Å². The molecule has 0 aliphatic heterocycles. The number of nitrogens with zero attached hydrogens (tertiary/aromatic N) is 2. The highest BCUT2D eigenvalue weighted by molar-refractivity contribution is 7.15. The molecule has 0 spiro atoms. The number of carbonyl (C=O) groups is 2. The van der Waals surface area contributed by atoms with Crippen LogP contribution >= 0.6 is 11.3 Å². The van der Waals surface area contributed by atoms with E-state index in [4.69, 9.17) is 0 Å². The van der Waals surface area contributed by atoms with Crippen molar-refractivity contribution in [2.45, 2.75) is 38.6 Å². The van der Waals surface area contributed by atoms with Gasteiger partial charge in [0.2, 0.25) is 0 Å². The number of carboxylic acid groups (broad SMARTS) is 1. The van der Waals surface area contributed by atoms with Gasteiger partial charge < -0.3 is 10.4 Å². The lowest BCUT2D eigenvalue weighted by molar-refractivity contribution is -0.137. The van der Waals surface area contributed by atoms with E-state index in [0.29, 0.717) is 10.5 Å². The maximum Gasteiger partial charge on any atom is 0.305 e. The number of aromatic nitrogens is 2. The van der Waals surface area contributed by atoms with Crippen LogP contribution < -0.4 is 10.9 Å². The Morgan fingerprint density at radius 2 is 1.93 bits per heavy atom. The quantitative estimate of drug-likeness (QED) is 0.687. The van der Waals surface area contributed by atoms with E-state index in [-0.39, 0.29) is 17.4 Å². The van der Waals surface area contributed by atoms with E-state index >= 15 is 0 Å². The lowest BCUT2D eigenvalue weighted by atomic mass is 9.86. The Morgan fingerprint density at radius 3 is 2.54 bits per heavy atom. The van der Waals surface area contributed by atoms with Crippen LogP contribution in [0.5, 0.6) is 0 Å². The average Bonchev–Trinajstić information content (AvgIpc) is 3.10. The molecule has 8 heteroatoms. The number of rotatable bonds is 5. The molecule has 1 amide bonds. The molecule has 3 aromatic rings. The van der Waals surface area contributed by atoms with Gasteiger partial charge >= 0.3 is 5.97 Å². The molecule has 1 unspecified atom stereocenters. The number of aliphatic carboxylic acids is 1. The number of carboxylic acids is 1. The summed E-state index contributed by atoms with van der Waals surface area (Å²) in [5.41, 5.74) is 1.11. The molecule has 2 aromatic heterocycles. The zero-order chi connectivity index (χ0) is 20.5. The highest BCUT2D eigenvalue weighted by Gasteiger charge is 2.22. The van der Waals surface area contributed by atoms with Crippen LogP contribution in [0.1, 0.15) is 54.7 Å². The summed E-state index contributed by atoms with van der Waals surface area (Å²) >= 11 is 1.29. The molecule has 28 heavy (non-hydrogen) atoms. The second kappa shape index (κ2) is 7.55. The lowest BCUT2D eigenvalue weighted by Crippen LogP contribution is -2.34. The molecule has 2 N–H and O–H groups in total. The summed E-state index contributed by atoms with van der Waals surface area (Å²) in [5.74, 6) is -1.70. The molecule has 3 rings (SSSR count). The first-order valence-electron chi connectivity index (χ1n) is 8.75.